The number of nitro groups is 2. The minimum atomic E-state index is -0.918. The lowest BCUT2D eigenvalue weighted by Gasteiger charge is -2.08. The van der Waals surface area contributed by atoms with Crippen LogP contribution in [0.2, 0.25) is 15.1 Å². The summed E-state index contributed by atoms with van der Waals surface area (Å²) in [5, 5.41) is 23.9. The van der Waals surface area contributed by atoms with Crippen molar-refractivity contribution in [2.45, 2.75) is 0 Å². The molecule has 0 fully saturated rings. The quantitative estimate of drug-likeness (QED) is 0.599. The average Bonchev–Trinajstić information content (AvgIpc) is 2.51. The molecule has 2 rings (SSSR count). The van der Waals surface area contributed by atoms with Gasteiger partial charge in [-0.05, 0) is 12.1 Å². The largest absolute Gasteiger partial charge is 0.321 e. The van der Waals surface area contributed by atoms with E-state index < -0.39 is 32.2 Å². The van der Waals surface area contributed by atoms with Gasteiger partial charge in [-0.25, -0.2) is 0 Å². The van der Waals surface area contributed by atoms with E-state index >= 15 is 0 Å². The second-order valence-corrected chi connectivity index (χ2v) is 5.56. The summed E-state index contributed by atoms with van der Waals surface area (Å²) in [5.41, 5.74) is -1.69. The third-order valence-corrected chi connectivity index (χ3v) is 4.10. The molecule has 24 heavy (non-hydrogen) atoms. The van der Waals surface area contributed by atoms with Gasteiger partial charge in [0.15, 0.2) is 5.02 Å². The Morgan fingerprint density at radius 3 is 2.00 bits per heavy atom. The summed E-state index contributed by atoms with van der Waals surface area (Å²) in [6.07, 6.45) is 0. The van der Waals surface area contributed by atoms with Crippen molar-refractivity contribution in [1.82, 2.24) is 0 Å². The number of rotatable bonds is 4. The topological polar surface area (TPSA) is 115 Å². The Balaban J connectivity index is 2.47. The second-order valence-electron chi connectivity index (χ2n) is 4.40. The van der Waals surface area contributed by atoms with Crippen LogP contribution in [0.4, 0.5) is 17.1 Å². The second kappa shape index (κ2) is 7.00. The zero-order valence-electron chi connectivity index (χ0n) is 11.5. The van der Waals surface area contributed by atoms with E-state index in [0.29, 0.717) is 0 Å². The molecule has 2 aromatic carbocycles. The van der Waals surface area contributed by atoms with E-state index in [1.165, 1.54) is 18.2 Å². The van der Waals surface area contributed by atoms with Crippen molar-refractivity contribution in [1.29, 1.82) is 0 Å². The van der Waals surface area contributed by atoms with Crippen LogP contribution in [0.1, 0.15) is 10.4 Å². The molecule has 8 nitrogen and oxygen atoms in total. The van der Waals surface area contributed by atoms with Gasteiger partial charge in [-0.2, -0.15) is 0 Å². The molecule has 0 heterocycles. The molecule has 124 valence electrons. The van der Waals surface area contributed by atoms with Crippen molar-refractivity contribution in [3.63, 3.8) is 0 Å². The van der Waals surface area contributed by atoms with E-state index in [-0.39, 0.29) is 21.3 Å². The molecule has 1 amide bonds. The highest BCUT2D eigenvalue weighted by atomic mass is 35.5. The summed E-state index contributed by atoms with van der Waals surface area (Å²) in [4.78, 5) is 32.3. The molecule has 1 N–H and O–H groups in total. The number of hydrogen-bond acceptors (Lipinski definition) is 5. The van der Waals surface area contributed by atoms with Gasteiger partial charge in [0.05, 0.1) is 31.1 Å². The molecule has 0 unspecified atom stereocenters. The Kier molecular flexibility index (Phi) is 5.23. The minimum absolute atomic E-state index is 0.0606. The van der Waals surface area contributed by atoms with Crippen LogP contribution in [0.15, 0.2) is 30.3 Å². The van der Waals surface area contributed by atoms with Crippen LogP contribution in [0.3, 0.4) is 0 Å². The SMILES string of the molecule is O=C(Nc1cccc(Cl)c1Cl)c1cc([N+](=O)[O-])c(Cl)c([N+](=O)[O-])c1. The van der Waals surface area contributed by atoms with Crippen LogP contribution in [0, 0.1) is 20.2 Å². The minimum Gasteiger partial charge on any atom is -0.321 e. The third-order valence-electron chi connectivity index (χ3n) is 2.89. The first-order valence-electron chi connectivity index (χ1n) is 6.10. The predicted octanol–water partition coefficient (Wildman–Crippen LogP) is 4.72. The van der Waals surface area contributed by atoms with Crippen molar-refractivity contribution in [3.05, 3.63) is 71.2 Å². The highest BCUT2D eigenvalue weighted by Gasteiger charge is 2.27. The first-order chi connectivity index (χ1) is 11.2. The molecule has 0 bridgehead atoms. The molecular formula is C13H6Cl3N3O5. The fourth-order valence-corrected chi connectivity index (χ4v) is 2.38. The highest BCUT2D eigenvalue weighted by molar-refractivity contribution is 6.44. The molecule has 0 spiro atoms. The number of hydrogen-bond donors (Lipinski definition) is 1. The normalized spacial score (nSPS) is 10.3. The highest BCUT2D eigenvalue weighted by Crippen LogP contribution is 2.35. The van der Waals surface area contributed by atoms with Gasteiger partial charge in [0.25, 0.3) is 17.3 Å². The van der Waals surface area contributed by atoms with E-state index in [0.717, 1.165) is 12.1 Å². The Morgan fingerprint density at radius 1 is 0.958 bits per heavy atom. The van der Waals surface area contributed by atoms with Crippen molar-refractivity contribution in [3.8, 4) is 0 Å². The first kappa shape index (κ1) is 17.9. The Morgan fingerprint density at radius 2 is 1.50 bits per heavy atom. The van der Waals surface area contributed by atoms with E-state index in [4.69, 9.17) is 34.8 Å². The van der Waals surface area contributed by atoms with Crippen molar-refractivity contribution < 1.29 is 14.6 Å². The molecule has 0 radical (unpaired) electrons. The number of nitro benzene ring substituents is 2. The molecule has 0 aliphatic rings. The maximum absolute atomic E-state index is 12.2. The molecule has 0 saturated heterocycles. The van der Waals surface area contributed by atoms with Gasteiger partial charge in [-0.15, -0.1) is 0 Å². The monoisotopic (exact) mass is 389 g/mol. The van der Waals surface area contributed by atoms with Crippen LogP contribution in [-0.2, 0) is 0 Å². The summed E-state index contributed by atoms with van der Waals surface area (Å²) in [6.45, 7) is 0. The van der Waals surface area contributed by atoms with Gasteiger partial charge in [-0.3, -0.25) is 25.0 Å². The lowest BCUT2D eigenvalue weighted by molar-refractivity contribution is -0.393. The van der Waals surface area contributed by atoms with E-state index in [2.05, 4.69) is 5.32 Å². The molecular weight excluding hydrogens is 385 g/mol. The average molecular weight is 391 g/mol. The summed E-state index contributed by atoms with van der Waals surface area (Å²) in [5.74, 6) is -0.845. The number of anilines is 1. The summed E-state index contributed by atoms with van der Waals surface area (Å²) >= 11 is 17.4. The van der Waals surface area contributed by atoms with Crippen LogP contribution in [-0.4, -0.2) is 15.8 Å². The standard InChI is InChI=1S/C13H6Cl3N3O5/c14-7-2-1-3-8(11(7)15)17-13(20)6-4-9(18(21)22)12(16)10(5-6)19(23)24/h1-5H,(H,17,20). The van der Waals surface area contributed by atoms with Crippen LogP contribution in [0.25, 0.3) is 0 Å². The van der Waals surface area contributed by atoms with E-state index in [1.54, 1.807) is 0 Å². The zero-order valence-corrected chi connectivity index (χ0v) is 13.7. The zero-order chi connectivity index (χ0) is 18.0. The number of benzene rings is 2. The number of halogens is 3. The first-order valence-corrected chi connectivity index (χ1v) is 7.23. The number of carbonyl (C=O) groups excluding carboxylic acids is 1. The predicted molar refractivity (Wildman–Crippen MR) is 89.2 cm³/mol. The molecule has 0 saturated carbocycles. The van der Waals surface area contributed by atoms with Gasteiger partial charge >= 0.3 is 0 Å². The van der Waals surface area contributed by atoms with Gasteiger partial charge < -0.3 is 5.32 Å². The molecule has 0 aliphatic heterocycles. The summed E-state index contributed by atoms with van der Waals surface area (Å²) in [7, 11) is 0. The Hall–Kier alpha value is -2.42. The molecule has 0 atom stereocenters. The van der Waals surface area contributed by atoms with Gasteiger partial charge in [0.1, 0.15) is 0 Å². The van der Waals surface area contributed by atoms with Crippen molar-refractivity contribution in [2.75, 3.05) is 5.32 Å². The van der Waals surface area contributed by atoms with Gasteiger partial charge in [-0.1, -0.05) is 40.9 Å². The van der Waals surface area contributed by atoms with Gasteiger partial charge in [0.2, 0.25) is 0 Å². The number of amides is 1. The molecule has 0 aliphatic carbocycles. The Bertz CT molecular complexity index is 837. The van der Waals surface area contributed by atoms with Crippen molar-refractivity contribution >= 4 is 57.8 Å². The lowest BCUT2D eigenvalue weighted by atomic mass is 10.1. The van der Waals surface area contributed by atoms with Crippen LogP contribution < -0.4 is 5.32 Å². The van der Waals surface area contributed by atoms with Crippen LogP contribution >= 0.6 is 34.8 Å². The maximum Gasteiger partial charge on any atom is 0.295 e. The number of nitrogens with zero attached hydrogens (tertiary/aromatic N) is 2. The van der Waals surface area contributed by atoms with Gasteiger partial charge in [0, 0.05) is 12.1 Å². The van der Waals surface area contributed by atoms with Crippen molar-refractivity contribution in [2.24, 2.45) is 0 Å². The van der Waals surface area contributed by atoms with Crippen LogP contribution in [0.5, 0.6) is 0 Å². The molecule has 0 aromatic heterocycles. The van der Waals surface area contributed by atoms with E-state index in [9.17, 15) is 25.0 Å². The fraction of sp³-hybridized carbons (Fsp3) is 0. The third kappa shape index (κ3) is 3.56. The lowest BCUT2D eigenvalue weighted by Crippen LogP contribution is -2.13. The summed E-state index contributed by atoms with van der Waals surface area (Å²) in [6, 6.07) is 6.14. The number of carbonyl (C=O) groups is 1. The molecule has 2 aromatic rings. The molecule has 11 heteroatoms. The van der Waals surface area contributed by atoms with E-state index in [1.807, 2.05) is 0 Å². The smallest absolute Gasteiger partial charge is 0.295 e. The Labute approximate surface area is 149 Å². The maximum atomic E-state index is 12.2. The fourth-order valence-electron chi connectivity index (χ4n) is 1.79. The summed E-state index contributed by atoms with van der Waals surface area (Å²) < 4.78 is 0. The number of nitrogens with one attached hydrogen (secondary N) is 1.